The van der Waals surface area contributed by atoms with Crippen LogP contribution in [-0.4, -0.2) is 40.8 Å². The Morgan fingerprint density at radius 1 is 1.24 bits per heavy atom. The molecule has 0 bridgehead atoms. The fourth-order valence-electron chi connectivity index (χ4n) is 5.37. The molecule has 1 saturated heterocycles. The van der Waals surface area contributed by atoms with E-state index in [1.54, 1.807) is 0 Å². The molecular weight excluding hydrogens is 521 g/mol. The van der Waals surface area contributed by atoms with Crippen LogP contribution in [0.4, 0.5) is 8.78 Å². The molecule has 200 valence electrons. The van der Waals surface area contributed by atoms with Crippen LogP contribution < -0.4 is 5.32 Å². The number of aliphatic hydroxyl groups is 2. The Morgan fingerprint density at radius 3 is 2.54 bits per heavy atom. The molecule has 0 unspecified atom stereocenters. The number of aliphatic hydroxyl groups excluding tert-OH is 2. The second kappa shape index (κ2) is 11.8. The fraction of sp³-hybridized carbons (Fsp3) is 0.500. The molecule has 0 radical (unpaired) electrons. The first-order chi connectivity index (χ1) is 17.4. The number of halogens is 4. The standard InChI is InChI=1S/C28H32Cl2F2N2O3/c1-27(2,3)13-23-28(15-33,19-11-10-16(29)12-21(19)31)24(18-7-5-8-20(30)25(18)32)26(34-23)22(37)9-4-6-17(36)14-35/h5,7-8,10-12,17,23-24,26,34-36H,4,6,9,13-14H2,1-3H3/t17-,23-,24-,26-,28-/m0/s1. The predicted molar refractivity (Wildman–Crippen MR) is 140 cm³/mol. The minimum absolute atomic E-state index is 0.0141. The SMILES string of the molecule is CC(C)(C)C[C@@H]1N[C@@H](C(=O)CCC[C@H](O)CO)[C@H](c2cccc(Cl)c2F)[C@@]1(C#N)c1ccc(Cl)cc1F. The van der Waals surface area contributed by atoms with Crippen molar-refractivity contribution in [2.75, 3.05) is 6.61 Å². The maximum absolute atomic E-state index is 15.6. The van der Waals surface area contributed by atoms with Crippen molar-refractivity contribution in [3.05, 3.63) is 69.2 Å². The van der Waals surface area contributed by atoms with E-state index in [1.165, 1.54) is 30.3 Å². The largest absolute Gasteiger partial charge is 0.394 e. The lowest BCUT2D eigenvalue weighted by Gasteiger charge is -2.37. The van der Waals surface area contributed by atoms with E-state index in [0.29, 0.717) is 6.42 Å². The third-order valence-electron chi connectivity index (χ3n) is 6.97. The highest BCUT2D eigenvalue weighted by atomic mass is 35.5. The van der Waals surface area contributed by atoms with E-state index >= 15 is 8.78 Å². The van der Waals surface area contributed by atoms with Crippen LogP contribution in [0.1, 0.15) is 63.5 Å². The Balaban J connectivity index is 2.24. The second-order valence-electron chi connectivity index (χ2n) is 10.9. The zero-order chi connectivity index (χ0) is 27.5. The number of ketones is 1. The monoisotopic (exact) mass is 552 g/mol. The van der Waals surface area contributed by atoms with Gasteiger partial charge in [-0.15, -0.1) is 0 Å². The Kier molecular flexibility index (Phi) is 9.36. The van der Waals surface area contributed by atoms with E-state index < -0.39 is 47.8 Å². The molecule has 5 nitrogen and oxygen atoms in total. The maximum atomic E-state index is 15.6. The van der Waals surface area contributed by atoms with Crippen molar-refractivity contribution in [1.29, 1.82) is 5.26 Å². The van der Waals surface area contributed by atoms with Gasteiger partial charge in [-0.05, 0) is 48.4 Å². The highest BCUT2D eigenvalue weighted by Gasteiger charge is 2.60. The zero-order valence-electron chi connectivity index (χ0n) is 21.1. The lowest BCUT2D eigenvalue weighted by atomic mass is 9.62. The molecule has 9 heteroatoms. The van der Waals surface area contributed by atoms with Crippen LogP contribution in [0.2, 0.25) is 10.0 Å². The van der Waals surface area contributed by atoms with Crippen molar-refractivity contribution in [3.8, 4) is 6.07 Å². The number of benzene rings is 2. The van der Waals surface area contributed by atoms with Crippen molar-refractivity contribution < 1.29 is 23.8 Å². The summed E-state index contributed by atoms with van der Waals surface area (Å²) < 4.78 is 31.1. The van der Waals surface area contributed by atoms with Gasteiger partial charge in [0.25, 0.3) is 0 Å². The number of hydrogen-bond donors (Lipinski definition) is 3. The third-order valence-corrected chi connectivity index (χ3v) is 7.49. The maximum Gasteiger partial charge on any atom is 0.150 e. The van der Waals surface area contributed by atoms with Crippen LogP contribution in [0.5, 0.6) is 0 Å². The molecule has 0 aliphatic carbocycles. The van der Waals surface area contributed by atoms with Gasteiger partial charge in [0.15, 0.2) is 0 Å². The predicted octanol–water partition coefficient (Wildman–Crippen LogP) is 5.69. The van der Waals surface area contributed by atoms with Crippen LogP contribution >= 0.6 is 23.2 Å². The van der Waals surface area contributed by atoms with Crippen molar-refractivity contribution >= 4 is 29.0 Å². The average Bonchev–Trinajstić information content (AvgIpc) is 3.13. The van der Waals surface area contributed by atoms with Gasteiger partial charge in [-0.3, -0.25) is 4.79 Å². The molecule has 1 fully saturated rings. The molecule has 0 aromatic heterocycles. The molecular formula is C28H32Cl2F2N2O3. The Bertz CT molecular complexity index is 1180. The van der Waals surface area contributed by atoms with Gasteiger partial charge in [-0.2, -0.15) is 5.26 Å². The smallest absolute Gasteiger partial charge is 0.150 e. The van der Waals surface area contributed by atoms with Gasteiger partial charge in [0.2, 0.25) is 0 Å². The van der Waals surface area contributed by atoms with Gasteiger partial charge in [0.05, 0.1) is 29.8 Å². The Labute approximate surface area is 226 Å². The van der Waals surface area contributed by atoms with E-state index in [4.69, 9.17) is 28.3 Å². The quantitative estimate of drug-likeness (QED) is 0.371. The van der Waals surface area contributed by atoms with E-state index in [2.05, 4.69) is 11.4 Å². The van der Waals surface area contributed by atoms with Crippen LogP contribution in [0.15, 0.2) is 36.4 Å². The number of Topliss-reactive ketones (excluding diaryl/α,β-unsaturated/α-hetero) is 1. The van der Waals surface area contributed by atoms with Gasteiger partial charge >= 0.3 is 0 Å². The Morgan fingerprint density at radius 2 is 1.95 bits per heavy atom. The number of nitrogens with zero attached hydrogens (tertiary/aromatic N) is 1. The van der Waals surface area contributed by atoms with E-state index in [-0.39, 0.29) is 51.6 Å². The highest BCUT2D eigenvalue weighted by Crippen LogP contribution is 2.53. The molecule has 1 heterocycles. The van der Waals surface area contributed by atoms with Gasteiger partial charge in [-0.25, -0.2) is 8.78 Å². The molecule has 1 aliphatic heterocycles. The molecule has 2 aromatic carbocycles. The first-order valence-corrected chi connectivity index (χ1v) is 13.0. The highest BCUT2D eigenvalue weighted by molar-refractivity contribution is 6.31. The summed E-state index contributed by atoms with van der Waals surface area (Å²) >= 11 is 12.1. The number of nitriles is 1. The summed E-state index contributed by atoms with van der Waals surface area (Å²) in [5.41, 5.74) is -1.93. The zero-order valence-corrected chi connectivity index (χ0v) is 22.6. The van der Waals surface area contributed by atoms with E-state index in [0.717, 1.165) is 6.07 Å². The lowest BCUT2D eigenvalue weighted by Crippen LogP contribution is -2.44. The molecule has 3 rings (SSSR count). The molecule has 3 N–H and O–H groups in total. The second-order valence-corrected chi connectivity index (χ2v) is 11.7. The number of nitrogens with one attached hydrogen (secondary N) is 1. The summed E-state index contributed by atoms with van der Waals surface area (Å²) in [4.78, 5) is 13.6. The van der Waals surface area contributed by atoms with Crippen molar-refractivity contribution in [3.63, 3.8) is 0 Å². The summed E-state index contributed by atoms with van der Waals surface area (Å²) in [6.45, 7) is 5.48. The van der Waals surface area contributed by atoms with Crippen LogP contribution in [0, 0.1) is 28.4 Å². The van der Waals surface area contributed by atoms with Crippen LogP contribution in [0.3, 0.4) is 0 Å². The summed E-state index contributed by atoms with van der Waals surface area (Å²) in [5, 5.41) is 32.8. The van der Waals surface area contributed by atoms with Crippen LogP contribution in [0.25, 0.3) is 0 Å². The first kappa shape index (κ1) is 29.5. The number of hydrogen-bond acceptors (Lipinski definition) is 5. The van der Waals surface area contributed by atoms with Gasteiger partial charge < -0.3 is 15.5 Å². The summed E-state index contributed by atoms with van der Waals surface area (Å²) in [5.74, 6) is -2.90. The summed E-state index contributed by atoms with van der Waals surface area (Å²) in [6, 6.07) is 8.97. The van der Waals surface area contributed by atoms with Crippen LogP contribution in [-0.2, 0) is 10.2 Å². The van der Waals surface area contributed by atoms with Gasteiger partial charge in [0.1, 0.15) is 22.8 Å². The van der Waals surface area contributed by atoms with Crippen molar-refractivity contribution in [2.24, 2.45) is 5.41 Å². The van der Waals surface area contributed by atoms with Crippen molar-refractivity contribution in [1.82, 2.24) is 5.32 Å². The Hall–Kier alpha value is -2.08. The molecule has 37 heavy (non-hydrogen) atoms. The van der Waals surface area contributed by atoms with E-state index in [9.17, 15) is 15.2 Å². The normalized spacial score (nSPS) is 24.6. The minimum Gasteiger partial charge on any atom is -0.394 e. The van der Waals surface area contributed by atoms with Gasteiger partial charge in [0, 0.05) is 29.0 Å². The van der Waals surface area contributed by atoms with Crippen molar-refractivity contribution in [2.45, 2.75) is 76.0 Å². The summed E-state index contributed by atoms with van der Waals surface area (Å²) in [7, 11) is 0. The number of carbonyl (C=O) groups excluding carboxylic acids is 1. The molecule has 1 aliphatic rings. The first-order valence-electron chi connectivity index (χ1n) is 12.2. The fourth-order valence-corrected chi connectivity index (χ4v) is 5.71. The topological polar surface area (TPSA) is 93.3 Å². The number of rotatable bonds is 9. The molecule has 0 spiro atoms. The molecule has 0 saturated carbocycles. The average molecular weight is 553 g/mol. The molecule has 0 amide bonds. The number of carbonyl (C=O) groups is 1. The summed E-state index contributed by atoms with van der Waals surface area (Å²) in [6.07, 6.45) is -0.0802. The molecule has 2 aromatic rings. The lowest BCUT2D eigenvalue weighted by molar-refractivity contribution is -0.121. The van der Waals surface area contributed by atoms with Gasteiger partial charge in [-0.1, -0.05) is 62.2 Å². The minimum atomic E-state index is -1.67. The van der Waals surface area contributed by atoms with E-state index in [1.807, 2.05) is 20.8 Å². The third kappa shape index (κ3) is 6.16. The molecule has 5 atom stereocenters.